The van der Waals surface area contributed by atoms with Gasteiger partial charge in [0.15, 0.2) is 18.9 Å². The first-order valence-corrected chi connectivity index (χ1v) is 13.5. The number of carboxylic acids is 1. The third-order valence-electron chi connectivity index (χ3n) is 7.35. The van der Waals surface area contributed by atoms with Gasteiger partial charge in [-0.25, -0.2) is 13.6 Å². The Morgan fingerprint density at radius 3 is 1.16 bits per heavy atom. The van der Waals surface area contributed by atoms with Gasteiger partial charge in [0.25, 0.3) is 0 Å². The number of hydrogen-bond donors (Lipinski definition) is 3. The summed E-state index contributed by atoms with van der Waals surface area (Å²) in [4.78, 5) is 46.8. The summed E-state index contributed by atoms with van der Waals surface area (Å²) in [5.74, 6) is -1.61. The van der Waals surface area contributed by atoms with Crippen LogP contribution in [0.1, 0.15) is 41.4 Å². The molecule has 0 fully saturated rings. The molecule has 0 radical (unpaired) electrons. The zero-order chi connectivity index (χ0) is 32.2. The molecule has 45 heavy (non-hydrogen) atoms. The SMILES string of the molecule is Nc1ccc(F)cc1.Nc1ccc(F)cc1.O=Cc1ccc2c3ccc(C=O)c4c(C(=O)O)ccc(c5ccc(C=O)c1c25)c43. The minimum atomic E-state index is -1.11. The Balaban J connectivity index is 0.000000204. The molecule has 0 aliphatic heterocycles. The first-order chi connectivity index (χ1) is 21.7. The Labute approximate surface area is 254 Å². The lowest BCUT2D eigenvalue weighted by molar-refractivity contribution is 0.0698. The van der Waals surface area contributed by atoms with Crippen molar-refractivity contribution in [3.63, 3.8) is 0 Å². The van der Waals surface area contributed by atoms with Crippen molar-refractivity contribution in [1.29, 1.82) is 0 Å². The fourth-order valence-corrected chi connectivity index (χ4v) is 5.37. The summed E-state index contributed by atoms with van der Waals surface area (Å²) in [7, 11) is 0. The molecule has 0 amide bonds. The number of nitrogens with two attached hydrogens (primary N) is 2. The molecule has 9 heteroatoms. The molecule has 0 saturated carbocycles. The first-order valence-electron chi connectivity index (χ1n) is 13.5. The molecular formula is C36H24F2N2O5. The number of benzene rings is 7. The largest absolute Gasteiger partial charge is 0.478 e. The number of aromatic carboxylic acids is 1. The molecule has 7 rings (SSSR count). The molecule has 0 aliphatic rings. The molecule has 222 valence electrons. The van der Waals surface area contributed by atoms with E-state index in [-0.39, 0.29) is 17.2 Å². The second-order valence-electron chi connectivity index (χ2n) is 10.0. The smallest absolute Gasteiger partial charge is 0.336 e. The minimum Gasteiger partial charge on any atom is -0.478 e. The van der Waals surface area contributed by atoms with Crippen molar-refractivity contribution >= 4 is 79.3 Å². The van der Waals surface area contributed by atoms with Crippen molar-refractivity contribution in [1.82, 2.24) is 0 Å². The average molecular weight is 603 g/mol. The molecular weight excluding hydrogens is 578 g/mol. The van der Waals surface area contributed by atoms with Gasteiger partial charge in [-0.1, -0.05) is 42.5 Å². The Morgan fingerprint density at radius 2 is 0.822 bits per heavy atom. The summed E-state index contributed by atoms with van der Waals surface area (Å²) in [6.07, 6.45) is 2.11. The zero-order valence-electron chi connectivity index (χ0n) is 23.5. The number of hydrogen-bond acceptors (Lipinski definition) is 6. The van der Waals surface area contributed by atoms with Crippen LogP contribution in [0.25, 0.3) is 43.1 Å². The Morgan fingerprint density at radius 1 is 0.489 bits per heavy atom. The van der Waals surface area contributed by atoms with Gasteiger partial charge in [0.1, 0.15) is 11.6 Å². The lowest BCUT2D eigenvalue weighted by Gasteiger charge is -2.18. The maximum atomic E-state index is 12.0. The van der Waals surface area contributed by atoms with Gasteiger partial charge in [-0.05, 0) is 86.9 Å². The van der Waals surface area contributed by atoms with Gasteiger partial charge in [-0.2, -0.15) is 0 Å². The number of rotatable bonds is 4. The van der Waals surface area contributed by atoms with Crippen LogP contribution in [-0.2, 0) is 0 Å². The fraction of sp³-hybridized carbons (Fsp3) is 0. The van der Waals surface area contributed by atoms with Crippen molar-refractivity contribution in [2.75, 3.05) is 11.5 Å². The number of nitrogen functional groups attached to an aromatic ring is 2. The van der Waals surface area contributed by atoms with Crippen LogP contribution in [-0.4, -0.2) is 29.9 Å². The van der Waals surface area contributed by atoms with E-state index in [0.717, 1.165) is 39.5 Å². The summed E-state index contributed by atoms with van der Waals surface area (Å²) < 4.78 is 24.1. The van der Waals surface area contributed by atoms with Crippen LogP contribution >= 0.6 is 0 Å². The lowest BCUT2D eigenvalue weighted by atomic mass is 9.85. The maximum Gasteiger partial charge on any atom is 0.336 e. The van der Waals surface area contributed by atoms with E-state index in [2.05, 4.69) is 0 Å². The molecule has 7 aromatic rings. The molecule has 0 atom stereocenters. The standard InChI is InChI=1S/C24H12O5.2C6H6FN/c25-9-12-1-4-15-17-6-3-14(11-27)21-19(24(28)29)8-7-18(23(17)21)16-5-2-13(10-26)20(12)22(15)16;2*7-5-1-3-6(8)4-2-5/h1-11H,(H,28,29);2*1-4H,8H2. The van der Waals surface area contributed by atoms with Gasteiger partial charge >= 0.3 is 5.97 Å². The molecule has 0 heterocycles. The van der Waals surface area contributed by atoms with Crippen molar-refractivity contribution in [2.45, 2.75) is 0 Å². The van der Waals surface area contributed by atoms with Gasteiger partial charge in [-0.3, -0.25) is 14.4 Å². The van der Waals surface area contributed by atoms with Crippen LogP contribution in [0.4, 0.5) is 20.2 Å². The van der Waals surface area contributed by atoms with E-state index in [1.807, 2.05) is 0 Å². The third-order valence-corrected chi connectivity index (χ3v) is 7.35. The van der Waals surface area contributed by atoms with Crippen LogP contribution < -0.4 is 11.5 Å². The molecule has 0 aliphatic carbocycles. The maximum absolute atomic E-state index is 12.0. The lowest BCUT2D eigenvalue weighted by Crippen LogP contribution is -2.01. The molecule has 0 unspecified atom stereocenters. The van der Waals surface area contributed by atoms with E-state index in [1.54, 1.807) is 42.5 Å². The summed E-state index contributed by atoms with van der Waals surface area (Å²) in [5.41, 5.74) is 12.9. The van der Waals surface area contributed by atoms with E-state index in [4.69, 9.17) is 11.5 Å². The van der Waals surface area contributed by atoms with E-state index < -0.39 is 5.97 Å². The highest BCUT2D eigenvalue weighted by molar-refractivity contribution is 6.37. The minimum absolute atomic E-state index is 0.0569. The second-order valence-corrected chi connectivity index (χ2v) is 10.0. The number of aldehydes is 3. The number of anilines is 2. The summed E-state index contributed by atoms with van der Waals surface area (Å²) >= 11 is 0. The van der Waals surface area contributed by atoms with Crippen LogP contribution in [0.5, 0.6) is 0 Å². The highest BCUT2D eigenvalue weighted by Crippen LogP contribution is 2.43. The van der Waals surface area contributed by atoms with E-state index in [0.29, 0.717) is 50.5 Å². The van der Waals surface area contributed by atoms with Gasteiger partial charge in [0, 0.05) is 38.8 Å². The predicted molar refractivity (Wildman–Crippen MR) is 172 cm³/mol. The van der Waals surface area contributed by atoms with Gasteiger partial charge in [0.05, 0.1) is 5.56 Å². The molecule has 0 saturated heterocycles. The van der Waals surface area contributed by atoms with Crippen molar-refractivity contribution in [3.05, 3.63) is 131 Å². The number of carbonyl (C=O) groups is 4. The average Bonchev–Trinajstić information content (AvgIpc) is 3.06. The van der Waals surface area contributed by atoms with Gasteiger partial charge in [-0.15, -0.1) is 0 Å². The second kappa shape index (κ2) is 12.6. The van der Waals surface area contributed by atoms with E-state index >= 15 is 0 Å². The number of carboxylic acid groups (broad SMARTS) is 1. The number of carbonyl (C=O) groups excluding carboxylic acids is 3. The normalized spacial score (nSPS) is 10.6. The molecule has 0 spiro atoms. The van der Waals surface area contributed by atoms with Crippen molar-refractivity contribution in [3.8, 4) is 0 Å². The number of halogens is 2. The highest BCUT2D eigenvalue weighted by Gasteiger charge is 2.21. The summed E-state index contributed by atoms with van der Waals surface area (Å²) in [6.45, 7) is 0. The third kappa shape index (κ3) is 5.74. The Kier molecular flexibility index (Phi) is 8.44. The van der Waals surface area contributed by atoms with Gasteiger partial charge in [0.2, 0.25) is 0 Å². The Hall–Kier alpha value is -6.22. The fourth-order valence-electron chi connectivity index (χ4n) is 5.37. The van der Waals surface area contributed by atoms with Crippen molar-refractivity contribution < 1.29 is 33.1 Å². The first kappa shape index (κ1) is 30.2. The van der Waals surface area contributed by atoms with Crippen LogP contribution in [0.15, 0.2) is 97.1 Å². The van der Waals surface area contributed by atoms with Gasteiger partial charge < -0.3 is 16.6 Å². The molecule has 0 bridgehead atoms. The molecule has 0 aromatic heterocycles. The molecule has 7 aromatic carbocycles. The molecule has 7 nitrogen and oxygen atoms in total. The molecule has 5 N–H and O–H groups in total. The summed E-state index contributed by atoms with van der Waals surface area (Å²) in [6, 6.07) is 24.9. The predicted octanol–water partition coefficient (Wildman–Crippen LogP) is 7.69. The van der Waals surface area contributed by atoms with Crippen molar-refractivity contribution in [2.24, 2.45) is 0 Å². The topological polar surface area (TPSA) is 141 Å². The van der Waals surface area contributed by atoms with Crippen LogP contribution in [0, 0.1) is 11.6 Å². The van der Waals surface area contributed by atoms with E-state index in [9.17, 15) is 33.1 Å². The summed E-state index contributed by atoms with van der Waals surface area (Å²) in [5, 5.41) is 15.2. The number of fused-ring (bicyclic) bond motifs is 2. The monoisotopic (exact) mass is 602 g/mol. The highest BCUT2D eigenvalue weighted by atomic mass is 19.1. The zero-order valence-corrected chi connectivity index (χ0v) is 23.5. The van der Waals surface area contributed by atoms with E-state index in [1.165, 1.54) is 54.6 Å². The van der Waals surface area contributed by atoms with Crippen LogP contribution in [0.3, 0.4) is 0 Å². The Bertz CT molecular complexity index is 2080. The quantitative estimate of drug-likeness (QED) is 0.0812. The van der Waals surface area contributed by atoms with Crippen LogP contribution in [0.2, 0.25) is 0 Å².